The molecule has 2 aromatic heterocycles. The number of hydrogen-bond acceptors (Lipinski definition) is 6. The highest BCUT2D eigenvalue weighted by atomic mass is 16.4. The summed E-state index contributed by atoms with van der Waals surface area (Å²) in [7, 11) is 8.15. The van der Waals surface area contributed by atoms with Crippen LogP contribution in [-0.4, -0.2) is 38.2 Å². The zero-order valence-corrected chi connectivity index (χ0v) is 30.8. The molecule has 0 bridgehead atoms. The minimum atomic E-state index is 0.586. The van der Waals surface area contributed by atoms with E-state index in [1.165, 1.54) is 0 Å². The molecule has 0 saturated heterocycles. The van der Waals surface area contributed by atoms with E-state index in [-0.39, 0.29) is 0 Å². The summed E-state index contributed by atoms with van der Waals surface area (Å²) in [5.74, 6) is 2.68. The predicted octanol–water partition coefficient (Wildman–Crippen LogP) is 12.0. The second-order valence-corrected chi connectivity index (χ2v) is 13.6. The number of aromatic nitrogens is 2. The summed E-state index contributed by atoms with van der Waals surface area (Å²) in [6.07, 6.45) is 4.21. The van der Waals surface area contributed by atoms with Gasteiger partial charge in [-0.1, -0.05) is 121 Å². The molecule has 0 N–H and O–H groups in total. The Morgan fingerprint density at radius 1 is 0.370 bits per heavy atom. The van der Waals surface area contributed by atoms with Crippen molar-refractivity contribution in [2.24, 2.45) is 0 Å². The van der Waals surface area contributed by atoms with Crippen molar-refractivity contribution in [1.29, 1.82) is 0 Å². The van der Waals surface area contributed by atoms with Gasteiger partial charge in [0, 0.05) is 72.9 Å². The predicted molar refractivity (Wildman–Crippen MR) is 223 cm³/mol. The maximum absolute atomic E-state index is 6.45. The lowest BCUT2D eigenvalue weighted by molar-refractivity contribution is 0.589. The summed E-state index contributed by atoms with van der Waals surface area (Å²) < 4.78 is 12.9. The molecule has 0 radical (unpaired) electrons. The third kappa shape index (κ3) is 7.23. The lowest BCUT2D eigenvalue weighted by Gasteiger charge is -2.12. The minimum absolute atomic E-state index is 0.586. The fourth-order valence-corrected chi connectivity index (χ4v) is 6.35. The van der Waals surface area contributed by atoms with Gasteiger partial charge in [0.05, 0.1) is 0 Å². The lowest BCUT2D eigenvalue weighted by Crippen LogP contribution is -2.07. The number of hydrogen-bond donors (Lipinski definition) is 0. The van der Waals surface area contributed by atoms with Crippen LogP contribution in [0.5, 0.6) is 0 Å². The van der Waals surface area contributed by atoms with Gasteiger partial charge in [-0.25, -0.2) is 9.97 Å². The Hall–Kier alpha value is -6.92. The Balaban J connectivity index is 1.02. The Labute approximate surface area is 316 Å². The van der Waals surface area contributed by atoms with Crippen LogP contribution in [0.25, 0.3) is 80.2 Å². The topological polar surface area (TPSA) is 58.5 Å². The average molecular weight is 705 g/mol. The van der Waals surface area contributed by atoms with E-state index in [0.29, 0.717) is 11.8 Å². The molecule has 0 aliphatic rings. The molecule has 0 aliphatic carbocycles. The van der Waals surface area contributed by atoms with Crippen molar-refractivity contribution in [3.8, 4) is 68.1 Å². The summed E-state index contributed by atoms with van der Waals surface area (Å²) in [6.45, 7) is 0. The smallest absolute Gasteiger partial charge is 0.227 e. The Kier molecular flexibility index (Phi) is 9.48. The average Bonchev–Trinajstić information content (AvgIpc) is 3.88. The van der Waals surface area contributed by atoms with Gasteiger partial charge in [0.2, 0.25) is 11.8 Å². The zero-order valence-electron chi connectivity index (χ0n) is 30.8. The van der Waals surface area contributed by atoms with E-state index < -0.39 is 0 Å². The first-order chi connectivity index (χ1) is 26.4. The molecule has 8 rings (SSSR count). The molecule has 0 fully saturated rings. The van der Waals surface area contributed by atoms with Crippen molar-refractivity contribution in [3.05, 3.63) is 169 Å². The van der Waals surface area contributed by atoms with Crippen molar-refractivity contribution >= 4 is 23.5 Å². The van der Waals surface area contributed by atoms with Crippen molar-refractivity contribution in [2.75, 3.05) is 38.0 Å². The second-order valence-electron chi connectivity index (χ2n) is 13.6. The van der Waals surface area contributed by atoms with Gasteiger partial charge in [0.1, 0.15) is 11.4 Å². The molecular weight excluding hydrogens is 665 g/mol. The first kappa shape index (κ1) is 34.2. The summed E-state index contributed by atoms with van der Waals surface area (Å²) in [6, 6.07) is 53.7. The lowest BCUT2D eigenvalue weighted by atomic mass is 10.1. The molecule has 6 aromatic carbocycles. The van der Waals surface area contributed by atoms with Crippen LogP contribution in [0.1, 0.15) is 11.1 Å². The summed E-state index contributed by atoms with van der Waals surface area (Å²) >= 11 is 0. The molecule has 264 valence electrons. The van der Waals surface area contributed by atoms with Gasteiger partial charge >= 0.3 is 0 Å². The van der Waals surface area contributed by atoms with E-state index in [4.69, 9.17) is 18.8 Å². The van der Waals surface area contributed by atoms with Gasteiger partial charge < -0.3 is 18.6 Å². The zero-order chi connectivity index (χ0) is 37.0. The molecule has 2 heterocycles. The second kappa shape index (κ2) is 15.0. The molecule has 0 atom stereocenters. The van der Waals surface area contributed by atoms with Crippen LogP contribution in [0.2, 0.25) is 0 Å². The minimum Gasteiger partial charge on any atom is -0.435 e. The molecule has 0 aliphatic heterocycles. The molecule has 8 aromatic rings. The number of oxazole rings is 2. The van der Waals surface area contributed by atoms with E-state index in [9.17, 15) is 0 Å². The molecule has 0 amide bonds. The standard InChI is InChI=1S/C48H40N4O2/c1-51(2)41-29-25-35(26-30-41)43-45(37-11-7-5-8-12-37)53-47(49-43)39-21-17-33(18-22-39)15-16-34-19-23-40(24-20-34)48-50-44(36-27-31-42(32-28-36)52(3)4)46(54-48)38-13-9-6-10-14-38/h5-32H,1-4H3/b16-15+. The van der Waals surface area contributed by atoms with E-state index in [1.54, 1.807) is 0 Å². The van der Waals surface area contributed by atoms with Crippen LogP contribution >= 0.6 is 0 Å². The van der Waals surface area contributed by atoms with Crippen LogP contribution in [0, 0.1) is 0 Å². The van der Waals surface area contributed by atoms with Crippen molar-refractivity contribution in [2.45, 2.75) is 0 Å². The molecule has 0 saturated carbocycles. The Morgan fingerprint density at radius 3 is 1.04 bits per heavy atom. The molecule has 54 heavy (non-hydrogen) atoms. The number of anilines is 2. The van der Waals surface area contributed by atoms with Crippen LogP contribution in [-0.2, 0) is 0 Å². The molecular formula is C48H40N4O2. The highest BCUT2D eigenvalue weighted by Gasteiger charge is 2.20. The first-order valence-corrected chi connectivity index (χ1v) is 18.0. The van der Waals surface area contributed by atoms with Gasteiger partial charge in [-0.2, -0.15) is 0 Å². The van der Waals surface area contributed by atoms with Crippen LogP contribution in [0.15, 0.2) is 167 Å². The third-order valence-electron chi connectivity index (χ3n) is 9.42. The number of rotatable bonds is 10. The fourth-order valence-electron chi connectivity index (χ4n) is 6.35. The van der Waals surface area contributed by atoms with Crippen LogP contribution in [0.4, 0.5) is 11.4 Å². The quantitative estimate of drug-likeness (QED) is 0.132. The SMILES string of the molecule is CN(C)c1ccc(-c2nc(-c3ccc(/C=C/c4ccc(-c5nc(-c6ccc(N(C)C)cc6)c(-c6ccccc6)o5)cc4)cc3)oc2-c2ccccc2)cc1. The first-order valence-electron chi connectivity index (χ1n) is 18.0. The van der Waals surface area contributed by atoms with Gasteiger partial charge in [0.15, 0.2) is 11.5 Å². The van der Waals surface area contributed by atoms with Crippen LogP contribution < -0.4 is 9.80 Å². The maximum atomic E-state index is 6.45. The van der Waals surface area contributed by atoms with Gasteiger partial charge in [-0.3, -0.25) is 0 Å². The summed E-state index contributed by atoms with van der Waals surface area (Å²) in [5, 5.41) is 0. The Bertz CT molecular complexity index is 2320. The third-order valence-corrected chi connectivity index (χ3v) is 9.42. The van der Waals surface area contributed by atoms with Gasteiger partial charge in [0.25, 0.3) is 0 Å². The largest absolute Gasteiger partial charge is 0.435 e. The molecule has 6 heteroatoms. The van der Waals surface area contributed by atoms with Crippen LogP contribution in [0.3, 0.4) is 0 Å². The normalized spacial score (nSPS) is 11.3. The fraction of sp³-hybridized carbons (Fsp3) is 0.0833. The van der Waals surface area contributed by atoms with Crippen molar-refractivity contribution < 1.29 is 8.83 Å². The van der Waals surface area contributed by atoms with E-state index in [2.05, 4.69) is 143 Å². The maximum Gasteiger partial charge on any atom is 0.227 e. The van der Waals surface area contributed by atoms with Crippen molar-refractivity contribution in [3.63, 3.8) is 0 Å². The number of benzene rings is 6. The molecule has 0 spiro atoms. The molecule has 0 unspecified atom stereocenters. The summed E-state index contributed by atoms with van der Waals surface area (Å²) in [5.41, 5.74) is 11.9. The van der Waals surface area contributed by atoms with Gasteiger partial charge in [-0.15, -0.1) is 0 Å². The number of nitrogens with zero attached hydrogens (tertiary/aromatic N) is 4. The van der Waals surface area contributed by atoms with E-state index in [0.717, 1.165) is 78.8 Å². The van der Waals surface area contributed by atoms with E-state index in [1.807, 2.05) is 64.6 Å². The highest BCUT2D eigenvalue weighted by molar-refractivity contribution is 5.82. The van der Waals surface area contributed by atoms with E-state index >= 15 is 0 Å². The van der Waals surface area contributed by atoms with Gasteiger partial charge in [-0.05, 0) is 59.7 Å². The summed E-state index contributed by atoms with van der Waals surface area (Å²) in [4.78, 5) is 14.2. The monoisotopic (exact) mass is 704 g/mol. The van der Waals surface area contributed by atoms with Crippen molar-refractivity contribution in [1.82, 2.24) is 9.97 Å². The Morgan fingerprint density at radius 2 is 0.704 bits per heavy atom. The highest BCUT2D eigenvalue weighted by Crippen LogP contribution is 2.38. The molecule has 6 nitrogen and oxygen atoms in total.